The Balaban J connectivity index is 1.19. The van der Waals surface area contributed by atoms with Crippen molar-refractivity contribution < 1.29 is 9.57 Å². The third-order valence-corrected chi connectivity index (χ3v) is 7.58. The summed E-state index contributed by atoms with van der Waals surface area (Å²) in [5.41, 5.74) is 8.58. The Hall–Kier alpha value is -3.35. The summed E-state index contributed by atoms with van der Waals surface area (Å²) in [6, 6.07) is 18.8. The molecule has 2 fully saturated rings. The van der Waals surface area contributed by atoms with Crippen LogP contribution < -0.4 is 10.2 Å². The van der Waals surface area contributed by atoms with Gasteiger partial charge in [0.15, 0.2) is 11.6 Å². The van der Waals surface area contributed by atoms with Crippen LogP contribution in [0.25, 0.3) is 5.52 Å². The maximum absolute atomic E-state index is 6.65. The largest absolute Gasteiger partial charge is 0.455 e. The highest BCUT2D eigenvalue weighted by molar-refractivity contribution is 6.31. The molecule has 1 unspecified atom stereocenters. The minimum absolute atomic E-state index is 0.0577. The van der Waals surface area contributed by atoms with E-state index in [0.717, 1.165) is 27.4 Å². The molecular weight excluding hydrogens is 472 g/mol. The fourth-order valence-corrected chi connectivity index (χ4v) is 5.19. The number of nitrogens with one attached hydrogen (secondary N) is 1. The van der Waals surface area contributed by atoms with Gasteiger partial charge in [0, 0.05) is 11.2 Å². The normalized spacial score (nSPS) is 19.7. The van der Waals surface area contributed by atoms with Crippen LogP contribution in [0, 0.1) is 0 Å². The molecule has 182 valence electrons. The lowest BCUT2D eigenvalue weighted by molar-refractivity contribution is 0.0623. The van der Waals surface area contributed by atoms with E-state index in [1.165, 1.54) is 36.8 Å². The molecule has 2 aliphatic carbocycles. The van der Waals surface area contributed by atoms with Crippen molar-refractivity contribution in [3.8, 4) is 11.5 Å². The number of aliphatic imine (C=N–C) groups is 1. The van der Waals surface area contributed by atoms with Crippen LogP contribution in [-0.2, 0) is 11.3 Å². The van der Waals surface area contributed by atoms with Crippen molar-refractivity contribution in [2.45, 2.75) is 50.0 Å². The number of halogens is 1. The summed E-state index contributed by atoms with van der Waals surface area (Å²) < 4.78 is 8.23. The summed E-state index contributed by atoms with van der Waals surface area (Å²) in [5.74, 6) is 3.47. The number of hydrogen-bond acceptors (Lipinski definition) is 5. The first-order chi connectivity index (χ1) is 17.7. The van der Waals surface area contributed by atoms with Gasteiger partial charge in [0.05, 0.1) is 29.9 Å². The number of benzene rings is 2. The van der Waals surface area contributed by atoms with Gasteiger partial charge in [-0.25, -0.2) is 10.00 Å². The maximum Gasteiger partial charge on any atom is 0.156 e. The van der Waals surface area contributed by atoms with E-state index in [9.17, 15) is 0 Å². The molecule has 3 heterocycles. The number of hydroxylamine groups is 1. The molecule has 0 radical (unpaired) electrons. The lowest BCUT2D eigenvalue weighted by Gasteiger charge is -2.23. The average molecular weight is 499 g/mol. The fourth-order valence-electron chi connectivity index (χ4n) is 4.92. The fraction of sp³-hybridized carbons (Fsp3) is 0.310. The second-order valence-corrected chi connectivity index (χ2v) is 10.5. The summed E-state index contributed by atoms with van der Waals surface area (Å²) in [7, 11) is 0. The zero-order valence-corrected chi connectivity index (χ0v) is 20.6. The minimum Gasteiger partial charge on any atom is -0.455 e. The Bertz CT molecular complexity index is 1470. The Morgan fingerprint density at radius 2 is 1.83 bits per heavy atom. The van der Waals surface area contributed by atoms with Crippen molar-refractivity contribution in [2.24, 2.45) is 4.99 Å². The van der Waals surface area contributed by atoms with Crippen LogP contribution in [0.3, 0.4) is 0 Å². The first-order valence-corrected chi connectivity index (χ1v) is 13.1. The summed E-state index contributed by atoms with van der Waals surface area (Å²) in [6.45, 7) is 0.471. The molecule has 36 heavy (non-hydrogen) atoms. The van der Waals surface area contributed by atoms with Crippen molar-refractivity contribution in [1.29, 1.82) is 0 Å². The third-order valence-electron chi connectivity index (χ3n) is 7.23. The molecule has 7 heteroatoms. The average Bonchev–Trinajstić information content (AvgIpc) is 3.82. The zero-order chi connectivity index (χ0) is 24.1. The smallest absolute Gasteiger partial charge is 0.156 e. The Morgan fingerprint density at radius 3 is 2.64 bits per heavy atom. The molecule has 0 spiro atoms. The highest BCUT2D eigenvalue weighted by Crippen LogP contribution is 2.42. The van der Waals surface area contributed by atoms with E-state index in [0.29, 0.717) is 36.4 Å². The summed E-state index contributed by atoms with van der Waals surface area (Å²) in [5, 5.41) is 5.21. The molecule has 1 aliphatic heterocycles. The molecule has 1 atom stereocenters. The molecule has 2 saturated carbocycles. The number of hydrogen-bond donors (Lipinski definition) is 1. The molecular formula is C29H27ClN4O2. The second kappa shape index (κ2) is 8.95. The first-order valence-electron chi connectivity index (χ1n) is 12.7. The van der Waals surface area contributed by atoms with Gasteiger partial charge < -0.3 is 4.74 Å². The standard InChI is InChI=1S/C29H27ClN4O2/c30-27-14-21(19-6-7-19)8-9-22(27)12-23-17-35-33-29(32-23)26-15-24-10-11-31-34(24)16-28(26)36-25-3-1-2-20(13-25)18-4-5-18/h1-3,8-11,13-16,18-19,23H,4-7,12,17H2,(H,32,33). The number of aromatic nitrogens is 2. The van der Waals surface area contributed by atoms with Crippen molar-refractivity contribution >= 4 is 23.0 Å². The van der Waals surface area contributed by atoms with Crippen LogP contribution >= 0.6 is 11.6 Å². The molecule has 2 aromatic heterocycles. The Labute approximate surface area is 214 Å². The predicted octanol–water partition coefficient (Wildman–Crippen LogP) is 6.43. The molecule has 6 nitrogen and oxygen atoms in total. The van der Waals surface area contributed by atoms with Gasteiger partial charge >= 0.3 is 0 Å². The van der Waals surface area contributed by atoms with Crippen LogP contribution in [0.15, 0.2) is 72.0 Å². The number of rotatable bonds is 7. The molecule has 4 aromatic rings. The highest BCUT2D eigenvalue weighted by atomic mass is 35.5. The van der Waals surface area contributed by atoms with Gasteiger partial charge in [0.1, 0.15) is 5.75 Å². The lowest BCUT2D eigenvalue weighted by Crippen LogP contribution is -2.37. The number of ether oxygens (including phenoxy) is 1. The number of nitrogens with zero attached hydrogens (tertiary/aromatic N) is 3. The number of pyridine rings is 1. The third kappa shape index (κ3) is 4.47. The summed E-state index contributed by atoms with van der Waals surface area (Å²) in [4.78, 5) is 10.8. The van der Waals surface area contributed by atoms with E-state index in [2.05, 4.69) is 47.0 Å². The first kappa shape index (κ1) is 21.9. The quantitative estimate of drug-likeness (QED) is 0.319. The van der Waals surface area contributed by atoms with E-state index < -0.39 is 0 Å². The molecule has 2 aromatic carbocycles. The summed E-state index contributed by atoms with van der Waals surface area (Å²) >= 11 is 6.65. The molecule has 3 aliphatic rings. The molecule has 0 bridgehead atoms. The molecule has 1 N–H and O–H groups in total. The van der Waals surface area contributed by atoms with Crippen molar-refractivity contribution in [3.63, 3.8) is 0 Å². The van der Waals surface area contributed by atoms with Crippen LogP contribution in [-0.4, -0.2) is 28.1 Å². The van der Waals surface area contributed by atoms with Crippen molar-refractivity contribution in [2.75, 3.05) is 6.61 Å². The van der Waals surface area contributed by atoms with Crippen LogP contribution in [0.4, 0.5) is 0 Å². The topological polar surface area (TPSA) is 60.2 Å². The molecule has 0 saturated heterocycles. The van der Waals surface area contributed by atoms with Gasteiger partial charge in [-0.1, -0.05) is 35.9 Å². The van der Waals surface area contributed by atoms with Crippen LogP contribution in [0.2, 0.25) is 5.02 Å². The Morgan fingerprint density at radius 1 is 1.00 bits per heavy atom. The van der Waals surface area contributed by atoms with Crippen LogP contribution in [0.1, 0.15) is 59.8 Å². The van der Waals surface area contributed by atoms with Gasteiger partial charge in [-0.3, -0.25) is 9.83 Å². The van der Waals surface area contributed by atoms with Crippen molar-refractivity contribution in [1.82, 2.24) is 15.1 Å². The summed E-state index contributed by atoms with van der Waals surface area (Å²) in [6.07, 6.45) is 9.42. The van der Waals surface area contributed by atoms with Gasteiger partial charge in [0.2, 0.25) is 0 Å². The minimum atomic E-state index is -0.0577. The predicted molar refractivity (Wildman–Crippen MR) is 140 cm³/mol. The van der Waals surface area contributed by atoms with Gasteiger partial charge in [0.25, 0.3) is 0 Å². The maximum atomic E-state index is 6.65. The van der Waals surface area contributed by atoms with E-state index >= 15 is 0 Å². The van der Waals surface area contributed by atoms with Gasteiger partial charge in [-0.15, -0.1) is 0 Å². The zero-order valence-electron chi connectivity index (χ0n) is 19.9. The van der Waals surface area contributed by atoms with Gasteiger partial charge in [-0.2, -0.15) is 5.10 Å². The molecule has 0 amide bonds. The van der Waals surface area contributed by atoms with Crippen molar-refractivity contribution in [3.05, 3.63) is 94.3 Å². The SMILES string of the molecule is Clc1cc(C2CC2)ccc1CC1CONC(c2cc3ccnn3cc2Oc2cccc(C3CC3)c2)=N1. The van der Waals surface area contributed by atoms with E-state index in [-0.39, 0.29) is 6.04 Å². The molecule has 7 rings (SSSR count). The van der Waals surface area contributed by atoms with Gasteiger partial charge in [-0.05, 0) is 91.0 Å². The monoisotopic (exact) mass is 498 g/mol. The van der Waals surface area contributed by atoms with E-state index in [1.807, 2.05) is 28.9 Å². The number of fused-ring (bicyclic) bond motifs is 1. The number of amidine groups is 1. The second-order valence-electron chi connectivity index (χ2n) is 10.1. The lowest BCUT2D eigenvalue weighted by atomic mass is 10.0. The highest BCUT2D eigenvalue weighted by Gasteiger charge is 2.26. The van der Waals surface area contributed by atoms with E-state index in [1.54, 1.807) is 6.20 Å². The Kier molecular flexibility index (Phi) is 5.44. The van der Waals surface area contributed by atoms with Crippen LogP contribution in [0.5, 0.6) is 11.5 Å². The van der Waals surface area contributed by atoms with E-state index in [4.69, 9.17) is 26.2 Å².